The monoisotopic (exact) mass is 1100 g/mol. The molecule has 85 heavy (non-hydrogen) atoms. The van der Waals surface area contributed by atoms with E-state index in [-0.39, 0.29) is 0 Å². The molecule has 18 aromatic rings. The Bertz CT molecular complexity index is 5840. The zero-order chi connectivity index (χ0) is 56.0. The second kappa shape index (κ2) is 18.0. The Hall–Kier alpha value is -11.5. The van der Waals surface area contributed by atoms with Crippen molar-refractivity contribution in [3.05, 3.63) is 278 Å². The van der Waals surface area contributed by atoms with Crippen molar-refractivity contribution in [1.29, 1.82) is 10.5 Å². The van der Waals surface area contributed by atoms with Gasteiger partial charge in [0.15, 0.2) is 0 Å². The third kappa shape index (κ3) is 6.50. The number of rotatable bonds is 6. The molecule has 6 nitrogen and oxygen atoms in total. The predicted molar refractivity (Wildman–Crippen MR) is 354 cm³/mol. The van der Waals surface area contributed by atoms with Gasteiger partial charge < -0.3 is 18.3 Å². The second-order valence-corrected chi connectivity index (χ2v) is 23.1. The van der Waals surface area contributed by atoms with Crippen molar-refractivity contribution >= 4 is 130 Å². The molecule has 0 fully saturated rings. The van der Waals surface area contributed by atoms with Gasteiger partial charge in [-0.25, -0.2) is 0 Å². The molecule has 392 valence electrons. The van der Waals surface area contributed by atoms with Gasteiger partial charge >= 0.3 is 0 Å². The highest BCUT2D eigenvalue weighted by Gasteiger charge is 2.35. The lowest BCUT2D eigenvalue weighted by Crippen LogP contribution is -2.16. The van der Waals surface area contributed by atoms with Crippen LogP contribution >= 0.6 is 11.3 Å². The molecule has 5 heterocycles. The van der Waals surface area contributed by atoms with Gasteiger partial charge in [0, 0.05) is 63.3 Å². The van der Waals surface area contributed by atoms with E-state index in [1.54, 1.807) is 11.3 Å². The molecule has 0 unspecified atom stereocenters. The van der Waals surface area contributed by atoms with Crippen molar-refractivity contribution in [3.63, 3.8) is 0 Å². The van der Waals surface area contributed by atoms with Gasteiger partial charge in [0.05, 0.1) is 66.9 Å². The van der Waals surface area contributed by atoms with Crippen LogP contribution in [0.1, 0.15) is 11.1 Å². The summed E-state index contributed by atoms with van der Waals surface area (Å²) in [5.74, 6) is 0. The molecule has 5 aromatic heterocycles. The number of fused-ring (bicyclic) bond motifs is 17. The zero-order valence-corrected chi connectivity index (χ0v) is 46.3. The molecule has 0 bridgehead atoms. The summed E-state index contributed by atoms with van der Waals surface area (Å²) >= 11 is 1.80. The fraction of sp³-hybridized carbons (Fsp3) is 0. The smallest absolute Gasteiger partial charge is 0.104 e. The van der Waals surface area contributed by atoms with E-state index in [0.29, 0.717) is 33.9 Å². The lowest BCUT2D eigenvalue weighted by Gasteiger charge is -2.27. The van der Waals surface area contributed by atoms with Crippen LogP contribution in [-0.4, -0.2) is 18.3 Å². The van der Waals surface area contributed by atoms with Crippen molar-refractivity contribution in [1.82, 2.24) is 18.3 Å². The zero-order valence-electron chi connectivity index (χ0n) is 45.5. The van der Waals surface area contributed by atoms with Crippen molar-refractivity contribution in [2.45, 2.75) is 0 Å². The average Bonchev–Trinajstić information content (AvgIpc) is 2.05. The quantitative estimate of drug-likeness (QED) is 0.166. The van der Waals surface area contributed by atoms with Crippen molar-refractivity contribution in [2.75, 3.05) is 0 Å². The van der Waals surface area contributed by atoms with Crippen LogP contribution < -0.4 is 0 Å². The SMILES string of the molecule is N#Cc1c(-n2c3ccccc3c3ccccc32)c(-n2c3ccccc3c3ccccc32)c(C#N)c(-n2c3cc(-c4cccc5cccc(-c6ccccc6)c45)ccc3c3c4sc5ccccc5c4ccc32)c1-n1c2ccccc2c2ccccc21. The summed E-state index contributed by atoms with van der Waals surface area (Å²) in [5, 5.41) is 39.0. The molecule has 0 N–H and O–H groups in total. The van der Waals surface area contributed by atoms with E-state index >= 15 is 0 Å². The molecule has 0 aliphatic carbocycles. The Labute approximate surface area is 490 Å². The highest BCUT2D eigenvalue weighted by atomic mass is 32.1. The van der Waals surface area contributed by atoms with Gasteiger partial charge in [-0.15, -0.1) is 11.3 Å². The lowest BCUT2D eigenvalue weighted by atomic mass is 9.91. The summed E-state index contributed by atoms with van der Waals surface area (Å²) in [6.45, 7) is 0. The Morgan fingerprint density at radius 3 is 1.12 bits per heavy atom. The van der Waals surface area contributed by atoms with Gasteiger partial charge in [0.1, 0.15) is 23.3 Å². The minimum absolute atomic E-state index is 0.413. The minimum atomic E-state index is 0.413. The standard InChI is InChI=1S/C78H44N6S/c79-45-61-74(81-63-33-11-4-24-52(63)53-25-5-12-34-64(53)81)75(82-65-35-13-6-26-54(65)55-27-7-14-36-66(55)82)62(46-80)77(76(61)83-67-37-15-8-28-56(67)57-29-9-16-38-68(57)83)84-69-43-42-59-58-30-10-17-39-71(58)85-78(59)73(69)60-41-40-49(44-70(60)84)51-32-19-23-48-22-18-31-50(72(48)51)47-20-2-1-3-21-47/h1-44H. The molecule has 0 saturated carbocycles. The van der Waals surface area contributed by atoms with Gasteiger partial charge in [0.25, 0.3) is 0 Å². The van der Waals surface area contributed by atoms with E-state index in [2.05, 4.69) is 297 Å². The second-order valence-electron chi connectivity index (χ2n) is 22.1. The van der Waals surface area contributed by atoms with Gasteiger partial charge in [0.2, 0.25) is 0 Å². The van der Waals surface area contributed by atoms with Crippen LogP contribution in [0.3, 0.4) is 0 Å². The first-order valence-corrected chi connectivity index (χ1v) is 29.4. The van der Waals surface area contributed by atoms with Crippen LogP contribution in [-0.2, 0) is 0 Å². The Kier molecular flexibility index (Phi) is 10.00. The minimum Gasteiger partial charge on any atom is -0.306 e. The number of benzene rings is 13. The van der Waals surface area contributed by atoms with Gasteiger partial charge in [-0.1, -0.05) is 212 Å². The van der Waals surface area contributed by atoms with E-state index in [1.807, 2.05) is 0 Å². The number of hydrogen-bond acceptors (Lipinski definition) is 3. The number of nitrogens with zero attached hydrogens (tertiary/aromatic N) is 6. The maximum atomic E-state index is 13.0. The Morgan fingerprint density at radius 1 is 0.271 bits per heavy atom. The van der Waals surface area contributed by atoms with E-state index in [0.717, 1.165) is 125 Å². The lowest BCUT2D eigenvalue weighted by molar-refractivity contribution is 1.02. The molecular formula is C78H44N6S. The van der Waals surface area contributed by atoms with E-state index in [4.69, 9.17) is 0 Å². The van der Waals surface area contributed by atoms with E-state index < -0.39 is 0 Å². The van der Waals surface area contributed by atoms with Crippen molar-refractivity contribution in [3.8, 4) is 57.1 Å². The van der Waals surface area contributed by atoms with Gasteiger partial charge in [-0.2, -0.15) is 10.5 Å². The van der Waals surface area contributed by atoms with E-state index in [9.17, 15) is 10.5 Å². The van der Waals surface area contributed by atoms with E-state index in [1.165, 1.54) is 15.5 Å². The maximum absolute atomic E-state index is 13.0. The van der Waals surface area contributed by atoms with Crippen LogP contribution in [0.2, 0.25) is 0 Å². The number of hydrogen-bond donors (Lipinski definition) is 0. The molecular weight excluding hydrogens is 1050 g/mol. The van der Waals surface area contributed by atoms with Crippen LogP contribution in [0.5, 0.6) is 0 Å². The highest BCUT2D eigenvalue weighted by molar-refractivity contribution is 7.26. The molecule has 18 rings (SSSR count). The average molecular weight is 1100 g/mol. The third-order valence-corrected chi connectivity index (χ3v) is 19.0. The number of nitriles is 2. The Balaban J connectivity index is 1.11. The largest absolute Gasteiger partial charge is 0.306 e. The third-order valence-electron chi connectivity index (χ3n) is 17.8. The number of para-hydroxylation sites is 6. The topological polar surface area (TPSA) is 67.3 Å². The van der Waals surface area contributed by atoms with Crippen LogP contribution in [0.25, 0.3) is 163 Å². The molecule has 0 radical (unpaired) electrons. The summed E-state index contributed by atoms with van der Waals surface area (Å²) in [6, 6.07) is 101. The molecule has 0 aliphatic rings. The first-order valence-electron chi connectivity index (χ1n) is 28.6. The molecule has 13 aromatic carbocycles. The summed E-state index contributed by atoms with van der Waals surface area (Å²) in [7, 11) is 0. The van der Waals surface area contributed by atoms with Crippen LogP contribution in [0.15, 0.2) is 267 Å². The fourth-order valence-electron chi connectivity index (χ4n) is 14.4. The van der Waals surface area contributed by atoms with Gasteiger partial charge in [-0.05, 0) is 87.6 Å². The first-order chi connectivity index (χ1) is 42.2. The number of thiophene rings is 1. The summed E-state index contributed by atoms with van der Waals surface area (Å²) < 4.78 is 11.5. The van der Waals surface area contributed by atoms with Crippen molar-refractivity contribution < 1.29 is 0 Å². The van der Waals surface area contributed by atoms with Crippen LogP contribution in [0.4, 0.5) is 0 Å². The fourth-order valence-corrected chi connectivity index (χ4v) is 15.7. The molecule has 7 heteroatoms. The summed E-state index contributed by atoms with van der Waals surface area (Å²) in [6.07, 6.45) is 0. The Morgan fingerprint density at radius 2 is 0.659 bits per heavy atom. The molecule has 0 spiro atoms. The number of aromatic nitrogens is 4. The van der Waals surface area contributed by atoms with Gasteiger partial charge in [-0.3, -0.25) is 0 Å². The molecule has 0 aliphatic heterocycles. The molecule has 0 atom stereocenters. The predicted octanol–water partition coefficient (Wildman–Crippen LogP) is 20.7. The van der Waals surface area contributed by atoms with Crippen LogP contribution in [0, 0.1) is 22.7 Å². The normalized spacial score (nSPS) is 12.0. The molecule has 0 saturated heterocycles. The summed E-state index contributed by atoms with van der Waals surface area (Å²) in [5.41, 5.74) is 15.0. The first kappa shape index (κ1) is 47.2. The molecule has 0 amide bonds. The highest BCUT2D eigenvalue weighted by Crippen LogP contribution is 2.51. The summed E-state index contributed by atoms with van der Waals surface area (Å²) in [4.78, 5) is 0. The van der Waals surface area contributed by atoms with Crippen molar-refractivity contribution in [2.24, 2.45) is 0 Å². The maximum Gasteiger partial charge on any atom is 0.104 e.